The van der Waals surface area contributed by atoms with Crippen LogP contribution in [0.15, 0.2) is 84.0 Å². The Morgan fingerprint density at radius 3 is 2.34 bits per heavy atom. The van der Waals surface area contributed by atoms with Gasteiger partial charge < -0.3 is 15.3 Å². The van der Waals surface area contributed by atoms with Crippen molar-refractivity contribution in [1.82, 2.24) is 0 Å². The fourth-order valence-electron chi connectivity index (χ4n) is 3.03. The lowest BCUT2D eigenvalue weighted by molar-refractivity contribution is -0.136. The van der Waals surface area contributed by atoms with Crippen molar-refractivity contribution in [1.29, 1.82) is 0 Å². The number of rotatable bonds is 9. The summed E-state index contributed by atoms with van der Waals surface area (Å²) in [7, 11) is 1.55. The number of hydrogen-bond acceptors (Lipinski definition) is 4. The summed E-state index contributed by atoms with van der Waals surface area (Å²) in [6.07, 6.45) is 0.686. The predicted octanol–water partition coefficient (Wildman–Crippen LogP) is 4.71. The van der Waals surface area contributed by atoms with Gasteiger partial charge in [-0.15, -0.1) is 0 Å². The van der Waals surface area contributed by atoms with Gasteiger partial charge in [0.1, 0.15) is 12.8 Å². The number of carboxylic acids is 1. The number of aliphatic carboxylic acids is 1. The number of nitrogens with zero attached hydrogens (tertiary/aromatic N) is 1. The summed E-state index contributed by atoms with van der Waals surface area (Å²) in [4.78, 5) is 15.7. The molecular weight excluding hydrogens is 364 g/mol. The number of carbonyl (C=O) groups is 1. The van der Waals surface area contributed by atoms with Crippen LogP contribution in [0.2, 0.25) is 0 Å². The van der Waals surface area contributed by atoms with Gasteiger partial charge in [-0.25, -0.2) is 0 Å². The highest BCUT2D eigenvalue weighted by atomic mass is 16.6. The highest BCUT2D eigenvalue weighted by Gasteiger charge is 2.08. The van der Waals surface area contributed by atoms with Gasteiger partial charge in [0.2, 0.25) is 0 Å². The Balaban J connectivity index is 1.68. The van der Waals surface area contributed by atoms with Crippen LogP contribution in [0.5, 0.6) is 0 Å². The van der Waals surface area contributed by atoms with Crippen molar-refractivity contribution >= 4 is 17.4 Å². The van der Waals surface area contributed by atoms with E-state index in [9.17, 15) is 4.79 Å². The standard InChI is InChI=1S/C24H24N2O3/c1-29-26-24(20-7-3-2-4-8-20)21-9-5-6-19(16-21)17-25-22-13-10-18(11-14-22)12-15-23(27)28/h2-11,13-14,16,25H,12,15,17H2,1H3,(H,27,28)/b26-24-. The van der Waals surface area contributed by atoms with Gasteiger partial charge >= 0.3 is 5.97 Å². The van der Waals surface area contributed by atoms with Crippen molar-refractivity contribution < 1.29 is 14.7 Å². The minimum absolute atomic E-state index is 0.145. The van der Waals surface area contributed by atoms with E-state index in [1.54, 1.807) is 7.11 Å². The van der Waals surface area contributed by atoms with E-state index in [1.165, 1.54) is 0 Å². The molecule has 3 aromatic rings. The molecule has 0 aromatic heterocycles. The molecule has 0 radical (unpaired) electrons. The average molecular weight is 388 g/mol. The summed E-state index contributed by atoms with van der Waals surface area (Å²) < 4.78 is 0. The minimum Gasteiger partial charge on any atom is -0.481 e. The van der Waals surface area contributed by atoms with Crippen LogP contribution in [0.4, 0.5) is 5.69 Å². The summed E-state index contributed by atoms with van der Waals surface area (Å²) in [5.74, 6) is -0.779. The summed E-state index contributed by atoms with van der Waals surface area (Å²) in [6, 6.07) is 26.0. The lowest BCUT2D eigenvalue weighted by Crippen LogP contribution is -2.06. The highest BCUT2D eigenvalue weighted by Crippen LogP contribution is 2.16. The number of aryl methyl sites for hydroxylation is 1. The van der Waals surface area contributed by atoms with Crippen molar-refractivity contribution in [3.05, 3.63) is 101 Å². The molecule has 148 valence electrons. The highest BCUT2D eigenvalue weighted by molar-refractivity contribution is 6.12. The van der Waals surface area contributed by atoms with E-state index < -0.39 is 5.97 Å². The Morgan fingerprint density at radius 1 is 0.931 bits per heavy atom. The Bertz CT molecular complexity index is 967. The Morgan fingerprint density at radius 2 is 1.66 bits per heavy atom. The third-order valence-corrected chi connectivity index (χ3v) is 4.51. The van der Waals surface area contributed by atoms with Crippen molar-refractivity contribution in [2.75, 3.05) is 12.4 Å². The molecular formula is C24H24N2O3. The van der Waals surface area contributed by atoms with Gasteiger partial charge in [0.25, 0.3) is 0 Å². The average Bonchev–Trinajstić information content (AvgIpc) is 2.76. The van der Waals surface area contributed by atoms with E-state index in [1.807, 2.05) is 66.7 Å². The normalized spacial score (nSPS) is 11.1. The first-order valence-electron chi connectivity index (χ1n) is 9.46. The first-order chi connectivity index (χ1) is 14.2. The molecule has 0 bridgehead atoms. The smallest absolute Gasteiger partial charge is 0.303 e. The molecule has 0 aliphatic rings. The van der Waals surface area contributed by atoms with Gasteiger partial charge in [0.05, 0.1) is 0 Å². The van der Waals surface area contributed by atoms with Crippen LogP contribution in [0.25, 0.3) is 0 Å². The van der Waals surface area contributed by atoms with Gasteiger partial charge in [0, 0.05) is 29.8 Å². The van der Waals surface area contributed by atoms with Gasteiger partial charge in [-0.1, -0.05) is 65.8 Å². The van der Waals surface area contributed by atoms with E-state index in [0.29, 0.717) is 13.0 Å². The number of carboxylic acid groups (broad SMARTS) is 1. The van der Waals surface area contributed by atoms with Gasteiger partial charge in [0.15, 0.2) is 0 Å². The van der Waals surface area contributed by atoms with Crippen LogP contribution in [0, 0.1) is 0 Å². The van der Waals surface area contributed by atoms with E-state index in [-0.39, 0.29) is 6.42 Å². The lowest BCUT2D eigenvalue weighted by Gasteiger charge is -2.10. The maximum absolute atomic E-state index is 10.7. The lowest BCUT2D eigenvalue weighted by atomic mass is 10.0. The molecule has 3 aromatic carbocycles. The van der Waals surface area contributed by atoms with Crippen molar-refractivity contribution in [3.8, 4) is 0 Å². The van der Waals surface area contributed by atoms with Crippen LogP contribution in [-0.4, -0.2) is 23.9 Å². The van der Waals surface area contributed by atoms with E-state index in [2.05, 4.69) is 22.6 Å². The molecule has 2 N–H and O–H groups in total. The van der Waals surface area contributed by atoms with Crippen molar-refractivity contribution in [2.45, 2.75) is 19.4 Å². The Hall–Kier alpha value is -3.60. The maximum Gasteiger partial charge on any atom is 0.303 e. The van der Waals surface area contributed by atoms with E-state index in [0.717, 1.165) is 33.7 Å². The molecule has 5 heteroatoms. The largest absolute Gasteiger partial charge is 0.481 e. The van der Waals surface area contributed by atoms with E-state index in [4.69, 9.17) is 9.94 Å². The summed E-state index contributed by atoms with van der Waals surface area (Å²) in [5.41, 5.74) is 5.90. The van der Waals surface area contributed by atoms with Crippen molar-refractivity contribution in [2.24, 2.45) is 5.16 Å². The molecule has 0 aliphatic heterocycles. The second-order valence-corrected chi connectivity index (χ2v) is 6.63. The van der Waals surface area contributed by atoms with Crippen LogP contribution in [0.1, 0.15) is 28.7 Å². The fraction of sp³-hybridized carbons (Fsp3) is 0.167. The van der Waals surface area contributed by atoms with Crippen molar-refractivity contribution in [3.63, 3.8) is 0 Å². The zero-order chi connectivity index (χ0) is 20.5. The molecule has 5 nitrogen and oxygen atoms in total. The zero-order valence-corrected chi connectivity index (χ0v) is 16.3. The molecule has 0 saturated carbocycles. The first kappa shape index (κ1) is 20.1. The number of oxime groups is 1. The molecule has 0 spiro atoms. The second kappa shape index (κ2) is 10.1. The van der Waals surface area contributed by atoms with Gasteiger partial charge in [-0.3, -0.25) is 4.79 Å². The maximum atomic E-state index is 10.7. The third kappa shape index (κ3) is 5.94. The van der Waals surface area contributed by atoms with E-state index >= 15 is 0 Å². The first-order valence-corrected chi connectivity index (χ1v) is 9.46. The molecule has 0 fully saturated rings. The monoisotopic (exact) mass is 388 g/mol. The molecule has 0 saturated heterocycles. The quantitative estimate of drug-likeness (QED) is 0.411. The van der Waals surface area contributed by atoms with Gasteiger partial charge in [-0.05, 0) is 35.7 Å². The second-order valence-electron chi connectivity index (χ2n) is 6.63. The summed E-state index contributed by atoms with van der Waals surface area (Å²) in [5, 5.41) is 16.4. The molecule has 0 heterocycles. The topological polar surface area (TPSA) is 70.9 Å². The van der Waals surface area contributed by atoms with Crippen LogP contribution < -0.4 is 5.32 Å². The SMILES string of the molecule is CO/N=C(/c1ccccc1)c1cccc(CNc2ccc(CCC(=O)O)cc2)c1. The number of anilines is 1. The van der Waals surface area contributed by atoms with Crippen LogP contribution in [0.3, 0.4) is 0 Å². The molecule has 0 unspecified atom stereocenters. The number of nitrogens with one attached hydrogen (secondary N) is 1. The zero-order valence-electron chi connectivity index (χ0n) is 16.3. The third-order valence-electron chi connectivity index (χ3n) is 4.51. The Labute approximate surface area is 170 Å². The molecule has 3 rings (SSSR count). The molecule has 0 amide bonds. The predicted molar refractivity (Wildman–Crippen MR) is 115 cm³/mol. The molecule has 0 atom stereocenters. The number of benzene rings is 3. The summed E-state index contributed by atoms with van der Waals surface area (Å²) in [6.45, 7) is 0.664. The molecule has 0 aliphatic carbocycles. The molecule has 29 heavy (non-hydrogen) atoms. The van der Waals surface area contributed by atoms with Crippen LogP contribution >= 0.6 is 0 Å². The van der Waals surface area contributed by atoms with Gasteiger partial charge in [-0.2, -0.15) is 0 Å². The fourth-order valence-corrected chi connectivity index (χ4v) is 3.03. The minimum atomic E-state index is -0.779. The Kier molecular flexibility index (Phi) is 7.00. The summed E-state index contributed by atoms with van der Waals surface area (Å²) >= 11 is 0. The van der Waals surface area contributed by atoms with Crippen LogP contribution in [-0.2, 0) is 22.6 Å². The number of hydrogen-bond donors (Lipinski definition) is 2.